The van der Waals surface area contributed by atoms with Gasteiger partial charge in [-0.05, 0) is 73.5 Å². The number of hydrogen-bond acceptors (Lipinski definition) is 2. The number of para-hydroxylation sites is 5. The maximum absolute atomic E-state index is 6.60. The Bertz CT molecular complexity index is 2610. The lowest BCUT2D eigenvalue weighted by atomic mass is 10.1. The molecule has 0 aliphatic rings. The van der Waals surface area contributed by atoms with Gasteiger partial charge in [0.1, 0.15) is 11.5 Å². The zero-order chi connectivity index (χ0) is 32.2. The predicted octanol–water partition coefficient (Wildman–Crippen LogP) is 9.40. The van der Waals surface area contributed by atoms with Gasteiger partial charge < -0.3 is 4.74 Å². The van der Waals surface area contributed by atoms with Crippen LogP contribution in [0.2, 0.25) is 0 Å². The van der Waals surface area contributed by atoms with Crippen molar-refractivity contribution in [2.45, 2.75) is 13.8 Å². The van der Waals surface area contributed by atoms with E-state index < -0.39 is 0 Å². The van der Waals surface area contributed by atoms with E-state index in [-0.39, 0.29) is 0 Å². The van der Waals surface area contributed by atoms with Gasteiger partial charge in [0.25, 0.3) is 6.33 Å². The Labute approximate surface area is 278 Å². The first-order valence-electron chi connectivity index (χ1n) is 16.1. The number of hydrogen-bond donors (Lipinski definition) is 0. The van der Waals surface area contributed by atoms with E-state index in [1.54, 1.807) is 0 Å². The Morgan fingerprint density at radius 3 is 2.19 bits per heavy atom. The van der Waals surface area contributed by atoms with Crippen LogP contribution < -0.4 is 9.30 Å². The number of nitrogens with zero attached hydrogens (tertiary/aromatic N) is 5. The summed E-state index contributed by atoms with van der Waals surface area (Å²) < 4.78 is 15.2. The minimum Gasteiger partial charge on any atom is -0.458 e. The zero-order valence-electron chi connectivity index (χ0n) is 26.6. The van der Waals surface area contributed by atoms with Crippen molar-refractivity contribution in [3.63, 3.8) is 0 Å². The number of rotatable bonds is 6. The number of aryl methyl sites for hydroxylation is 2. The van der Waals surface area contributed by atoms with Gasteiger partial charge in [0.2, 0.25) is 5.95 Å². The third-order valence-corrected chi connectivity index (χ3v) is 9.04. The monoisotopic (exact) mass is 621 g/mol. The number of imidazole rings is 2. The largest absolute Gasteiger partial charge is 0.458 e. The Hall–Kier alpha value is -6.40. The second-order valence-electron chi connectivity index (χ2n) is 12.1. The van der Waals surface area contributed by atoms with Crippen LogP contribution in [0, 0.1) is 20.2 Å². The van der Waals surface area contributed by atoms with Crippen LogP contribution in [0.5, 0.6) is 11.5 Å². The Kier molecular flexibility index (Phi) is 6.47. The summed E-state index contributed by atoms with van der Waals surface area (Å²) in [5.74, 6) is 2.32. The maximum atomic E-state index is 6.60. The average molecular weight is 622 g/mol. The molecule has 0 bridgehead atoms. The summed E-state index contributed by atoms with van der Waals surface area (Å²) in [5.41, 5.74) is 9.80. The summed E-state index contributed by atoms with van der Waals surface area (Å²) >= 11 is 0. The van der Waals surface area contributed by atoms with E-state index in [1.165, 1.54) is 16.5 Å². The fourth-order valence-corrected chi connectivity index (χ4v) is 6.89. The van der Waals surface area contributed by atoms with E-state index in [2.05, 4.69) is 142 Å². The van der Waals surface area contributed by atoms with Crippen LogP contribution in [0.3, 0.4) is 0 Å². The minimum absolute atomic E-state index is 0.740. The van der Waals surface area contributed by atoms with Gasteiger partial charge in [-0.1, -0.05) is 84.9 Å². The van der Waals surface area contributed by atoms with Gasteiger partial charge in [-0.25, -0.2) is 4.98 Å². The number of fused-ring (bicyclic) bond motifs is 4. The highest BCUT2D eigenvalue weighted by atomic mass is 16.5. The lowest BCUT2D eigenvalue weighted by Crippen LogP contribution is -2.29. The van der Waals surface area contributed by atoms with Crippen LogP contribution in [0.25, 0.3) is 55.8 Å². The van der Waals surface area contributed by atoms with E-state index in [9.17, 15) is 0 Å². The van der Waals surface area contributed by atoms with Crippen molar-refractivity contribution in [1.29, 1.82) is 0 Å². The molecule has 0 unspecified atom stereocenters. The molecule has 3 heterocycles. The topological polar surface area (TPSA) is 40.8 Å². The van der Waals surface area contributed by atoms with Crippen molar-refractivity contribution in [2.75, 3.05) is 0 Å². The highest BCUT2D eigenvalue weighted by Gasteiger charge is 2.19. The number of ether oxygens (including phenoxy) is 1. The molecule has 0 fully saturated rings. The van der Waals surface area contributed by atoms with Gasteiger partial charge >= 0.3 is 0 Å². The van der Waals surface area contributed by atoms with E-state index in [4.69, 9.17) is 9.72 Å². The average Bonchev–Trinajstić information content (AvgIpc) is 3.83. The highest BCUT2D eigenvalue weighted by Crippen LogP contribution is 2.36. The molecule has 0 aliphatic carbocycles. The van der Waals surface area contributed by atoms with Crippen LogP contribution in [0.15, 0.2) is 152 Å². The molecule has 0 aliphatic heterocycles. The van der Waals surface area contributed by atoms with Crippen molar-refractivity contribution in [3.8, 4) is 34.5 Å². The third kappa shape index (κ3) is 4.49. The molecule has 48 heavy (non-hydrogen) atoms. The minimum atomic E-state index is 0.740. The molecular formula is C42H31N5O. The van der Waals surface area contributed by atoms with Crippen LogP contribution in [0.1, 0.15) is 11.1 Å². The van der Waals surface area contributed by atoms with Crippen molar-refractivity contribution in [2.24, 2.45) is 0 Å². The Balaban J connectivity index is 1.15. The predicted molar refractivity (Wildman–Crippen MR) is 191 cm³/mol. The molecule has 0 spiro atoms. The molecule has 6 aromatic carbocycles. The first-order valence-corrected chi connectivity index (χ1v) is 16.1. The van der Waals surface area contributed by atoms with Gasteiger partial charge in [0, 0.05) is 29.2 Å². The molecule has 0 saturated carbocycles. The summed E-state index contributed by atoms with van der Waals surface area (Å²) in [7, 11) is 0. The molecule has 0 N–H and O–H groups in total. The van der Waals surface area contributed by atoms with Crippen molar-refractivity contribution in [3.05, 3.63) is 169 Å². The summed E-state index contributed by atoms with van der Waals surface area (Å²) in [6.07, 6.45) is 7.48. The Morgan fingerprint density at radius 1 is 0.625 bits per heavy atom. The second kappa shape index (κ2) is 11.1. The number of aromatic nitrogens is 5. The number of benzene rings is 6. The first kappa shape index (κ1) is 27.9. The standard InChI is InChI=1S/C42H31N5O/c1-29-12-10-13-30(2)41(29)44-25-24-43-42(44)47-37-19-7-6-18-35(37)36-23-22-34(27-40(36)47)48-33-17-11-16-32(26-33)46-28-45(31-14-4-3-5-15-31)38-20-8-9-21-39(38)46/h3-27H,1-2H3. The second-order valence-corrected chi connectivity index (χ2v) is 12.1. The normalized spacial score (nSPS) is 11.5. The lowest BCUT2D eigenvalue weighted by Gasteiger charge is -2.16. The molecule has 9 rings (SSSR count). The summed E-state index contributed by atoms with van der Waals surface area (Å²) in [4.78, 5) is 4.90. The van der Waals surface area contributed by atoms with Gasteiger partial charge in [-0.3, -0.25) is 18.3 Å². The highest BCUT2D eigenvalue weighted by molar-refractivity contribution is 6.09. The summed E-state index contributed by atoms with van der Waals surface area (Å²) in [5, 5.41) is 2.31. The fourth-order valence-electron chi connectivity index (χ4n) is 6.89. The van der Waals surface area contributed by atoms with Gasteiger partial charge in [0.05, 0.1) is 39.1 Å². The SMILES string of the molecule is Cc1cccc(C)c1-n1ccnc1-n1c2ccccc2c2ccc(Oc3cccc(-n4[c-][n+](-c5ccccc5)c5ccccc54)c3)cc21. The van der Waals surface area contributed by atoms with Crippen LogP contribution in [-0.4, -0.2) is 18.7 Å². The lowest BCUT2D eigenvalue weighted by molar-refractivity contribution is -0.572. The molecular weight excluding hydrogens is 590 g/mol. The maximum Gasteiger partial charge on any atom is 0.269 e. The molecule has 6 nitrogen and oxygen atoms in total. The molecule has 0 radical (unpaired) electrons. The molecule has 0 saturated heterocycles. The summed E-state index contributed by atoms with van der Waals surface area (Å²) in [6.45, 7) is 4.29. The molecule has 9 aromatic rings. The van der Waals surface area contributed by atoms with Gasteiger partial charge in [-0.2, -0.15) is 0 Å². The van der Waals surface area contributed by atoms with E-state index in [0.717, 1.165) is 62.0 Å². The molecule has 3 aromatic heterocycles. The van der Waals surface area contributed by atoms with Crippen molar-refractivity contribution < 1.29 is 9.30 Å². The van der Waals surface area contributed by atoms with E-state index >= 15 is 0 Å². The van der Waals surface area contributed by atoms with Crippen molar-refractivity contribution >= 4 is 32.8 Å². The molecule has 0 amide bonds. The zero-order valence-corrected chi connectivity index (χ0v) is 26.6. The van der Waals surface area contributed by atoms with Crippen molar-refractivity contribution in [1.82, 2.24) is 18.7 Å². The molecule has 6 heteroatoms. The fraction of sp³-hybridized carbons (Fsp3) is 0.0476. The molecule has 0 atom stereocenters. The van der Waals surface area contributed by atoms with Gasteiger partial charge in [-0.15, -0.1) is 0 Å². The van der Waals surface area contributed by atoms with Crippen LogP contribution >= 0.6 is 0 Å². The molecule has 230 valence electrons. The van der Waals surface area contributed by atoms with Crippen LogP contribution in [0.4, 0.5) is 0 Å². The quantitative estimate of drug-likeness (QED) is 0.137. The Morgan fingerprint density at radius 2 is 1.33 bits per heavy atom. The van der Waals surface area contributed by atoms with E-state index in [0.29, 0.717) is 0 Å². The van der Waals surface area contributed by atoms with Gasteiger partial charge in [0.15, 0.2) is 0 Å². The van der Waals surface area contributed by atoms with Crippen LogP contribution in [-0.2, 0) is 0 Å². The third-order valence-electron chi connectivity index (χ3n) is 9.04. The summed E-state index contributed by atoms with van der Waals surface area (Å²) in [6, 6.07) is 48.0. The smallest absolute Gasteiger partial charge is 0.269 e. The first-order chi connectivity index (χ1) is 23.6. The van der Waals surface area contributed by atoms with E-state index in [1.807, 2.05) is 48.8 Å².